The molecular weight excluding hydrogens is 368 g/mol. The third-order valence-electron chi connectivity index (χ3n) is 4.34. The minimum Gasteiger partial charge on any atom is -0.495 e. The average molecular weight is 387 g/mol. The number of ether oxygens (including phenoxy) is 1. The zero-order chi connectivity index (χ0) is 18.5. The number of piperazine rings is 1. The number of nitrogens with one attached hydrogen (secondary N) is 1. The van der Waals surface area contributed by atoms with Crippen molar-refractivity contribution < 1.29 is 4.74 Å². The maximum atomic E-state index is 9.28. The van der Waals surface area contributed by atoms with E-state index in [4.69, 9.17) is 28.6 Å². The van der Waals surface area contributed by atoms with Crippen molar-refractivity contribution in [3.05, 3.63) is 53.1 Å². The number of nitriles is 1. The quantitative estimate of drug-likeness (QED) is 0.811. The minimum absolute atomic E-state index is 0.619. The summed E-state index contributed by atoms with van der Waals surface area (Å²) in [6.45, 7) is 3.14. The predicted octanol–water partition coefficient (Wildman–Crippen LogP) is 3.74. The van der Waals surface area contributed by atoms with E-state index in [1.165, 1.54) is 0 Å². The monoisotopic (exact) mass is 386 g/mol. The van der Waals surface area contributed by atoms with Gasteiger partial charge in [-0.2, -0.15) is 5.26 Å². The lowest BCUT2D eigenvalue weighted by molar-refractivity contribution is 0.390. The molecule has 1 heterocycles. The predicted molar refractivity (Wildman–Crippen MR) is 109 cm³/mol. The summed E-state index contributed by atoms with van der Waals surface area (Å²) in [4.78, 5) is 4.33. The lowest BCUT2D eigenvalue weighted by Gasteiger charge is -2.37. The molecule has 0 aliphatic carbocycles. The molecule has 1 fully saturated rings. The Morgan fingerprint density at radius 3 is 2.62 bits per heavy atom. The van der Waals surface area contributed by atoms with Crippen LogP contribution in [0.5, 0.6) is 5.75 Å². The van der Waals surface area contributed by atoms with Crippen LogP contribution in [0.15, 0.2) is 42.5 Å². The Labute approximate surface area is 163 Å². The van der Waals surface area contributed by atoms with E-state index in [2.05, 4.69) is 21.2 Å². The first-order valence-electron chi connectivity index (χ1n) is 8.26. The molecule has 0 spiro atoms. The molecule has 1 aliphatic rings. The summed E-state index contributed by atoms with van der Waals surface area (Å²) in [5.74, 6) is 0.693. The number of anilines is 2. The molecule has 0 amide bonds. The fourth-order valence-corrected chi connectivity index (χ4v) is 3.43. The summed E-state index contributed by atoms with van der Waals surface area (Å²) in [6, 6.07) is 15.3. The van der Waals surface area contributed by atoms with E-state index in [0.717, 1.165) is 37.6 Å². The van der Waals surface area contributed by atoms with Crippen molar-refractivity contribution in [1.82, 2.24) is 4.90 Å². The Morgan fingerprint density at radius 1 is 1.19 bits per heavy atom. The fourth-order valence-electron chi connectivity index (χ4n) is 2.97. The number of thiocarbonyl (C=S) groups is 1. The Morgan fingerprint density at radius 2 is 1.92 bits per heavy atom. The van der Waals surface area contributed by atoms with Gasteiger partial charge in [0.25, 0.3) is 0 Å². The molecule has 0 saturated carbocycles. The van der Waals surface area contributed by atoms with E-state index in [-0.39, 0.29) is 0 Å². The van der Waals surface area contributed by atoms with Gasteiger partial charge in [-0.05, 0) is 42.5 Å². The minimum atomic E-state index is 0.619. The van der Waals surface area contributed by atoms with Crippen LogP contribution in [0.25, 0.3) is 0 Å². The van der Waals surface area contributed by atoms with Crippen molar-refractivity contribution in [2.24, 2.45) is 0 Å². The lowest BCUT2D eigenvalue weighted by atomic mass is 10.1. The molecule has 0 aromatic heterocycles. The molecule has 0 radical (unpaired) electrons. The van der Waals surface area contributed by atoms with Gasteiger partial charge in [-0.25, -0.2) is 0 Å². The van der Waals surface area contributed by atoms with Crippen LogP contribution in [0.4, 0.5) is 11.4 Å². The van der Waals surface area contributed by atoms with Crippen molar-refractivity contribution in [2.75, 3.05) is 43.5 Å². The smallest absolute Gasteiger partial charge is 0.173 e. The number of hydrogen-bond acceptors (Lipinski definition) is 4. The highest BCUT2D eigenvalue weighted by atomic mass is 35.5. The molecule has 0 bridgehead atoms. The van der Waals surface area contributed by atoms with E-state index < -0.39 is 0 Å². The van der Waals surface area contributed by atoms with E-state index in [0.29, 0.717) is 21.4 Å². The second kappa shape index (κ2) is 8.26. The van der Waals surface area contributed by atoms with Gasteiger partial charge in [0.2, 0.25) is 0 Å². The highest BCUT2D eigenvalue weighted by molar-refractivity contribution is 7.80. The van der Waals surface area contributed by atoms with E-state index >= 15 is 0 Å². The van der Waals surface area contributed by atoms with Crippen LogP contribution < -0.4 is 15.0 Å². The highest BCUT2D eigenvalue weighted by Crippen LogP contribution is 2.28. The molecular formula is C19H19ClN4OS. The van der Waals surface area contributed by atoms with Crippen molar-refractivity contribution in [1.29, 1.82) is 5.26 Å². The second-order valence-corrected chi connectivity index (χ2v) is 6.70. The molecule has 5 nitrogen and oxygen atoms in total. The fraction of sp³-hybridized carbons (Fsp3) is 0.263. The van der Waals surface area contributed by atoms with Crippen molar-refractivity contribution in [3.63, 3.8) is 0 Å². The zero-order valence-electron chi connectivity index (χ0n) is 14.4. The molecule has 7 heteroatoms. The van der Waals surface area contributed by atoms with Gasteiger partial charge in [0.15, 0.2) is 5.11 Å². The average Bonchev–Trinajstić information content (AvgIpc) is 2.68. The van der Waals surface area contributed by atoms with E-state index in [1.807, 2.05) is 30.3 Å². The number of benzene rings is 2. The Kier molecular flexibility index (Phi) is 5.82. The molecule has 134 valence electrons. The summed E-state index contributed by atoms with van der Waals surface area (Å²) >= 11 is 11.6. The number of rotatable bonds is 3. The number of nitrogens with zero attached hydrogens (tertiary/aromatic N) is 3. The van der Waals surface area contributed by atoms with E-state index in [9.17, 15) is 5.26 Å². The van der Waals surface area contributed by atoms with Gasteiger partial charge in [-0.1, -0.05) is 23.7 Å². The Bertz CT molecular complexity index is 844. The molecule has 3 rings (SSSR count). The standard InChI is InChI=1S/C19H19ClN4OS/c1-25-18-7-6-15(20)12-16(18)22-19(26)24-10-8-23(9-11-24)17-5-3-2-4-14(17)13-21/h2-7,12H,8-11H2,1H3,(H,22,26). The first kappa shape index (κ1) is 18.3. The first-order chi connectivity index (χ1) is 12.6. The number of hydrogen-bond donors (Lipinski definition) is 1. The van der Waals surface area contributed by atoms with Crippen molar-refractivity contribution >= 4 is 40.3 Å². The second-order valence-electron chi connectivity index (χ2n) is 5.88. The molecule has 2 aromatic rings. The van der Waals surface area contributed by atoms with Crippen LogP contribution in [0.2, 0.25) is 5.02 Å². The number of halogens is 1. The van der Waals surface area contributed by atoms with Gasteiger partial charge in [-0.3, -0.25) is 0 Å². The third-order valence-corrected chi connectivity index (χ3v) is 4.93. The summed E-state index contributed by atoms with van der Waals surface area (Å²) in [5, 5.41) is 13.8. The van der Waals surface area contributed by atoms with Crippen LogP contribution in [-0.4, -0.2) is 43.3 Å². The molecule has 26 heavy (non-hydrogen) atoms. The topological polar surface area (TPSA) is 51.5 Å². The maximum absolute atomic E-state index is 9.28. The summed E-state index contributed by atoms with van der Waals surface area (Å²) < 4.78 is 5.35. The van der Waals surface area contributed by atoms with Crippen LogP contribution in [-0.2, 0) is 0 Å². The Balaban J connectivity index is 1.64. The van der Waals surface area contributed by atoms with Crippen molar-refractivity contribution in [3.8, 4) is 11.8 Å². The lowest BCUT2D eigenvalue weighted by Crippen LogP contribution is -2.50. The van der Waals surface area contributed by atoms with Gasteiger partial charge >= 0.3 is 0 Å². The van der Waals surface area contributed by atoms with Crippen molar-refractivity contribution in [2.45, 2.75) is 0 Å². The molecule has 1 aliphatic heterocycles. The molecule has 1 saturated heterocycles. The SMILES string of the molecule is COc1ccc(Cl)cc1NC(=S)N1CCN(c2ccccc2C#N)CC1. The normalized spacial score (nSPS) is 13.9. The maximum Gasteiger partial charge on any atom is 0.173 e. The van der Waals surface area contributed by atoms with Gasteiger partial charge in [0.1, 0.15) is 11.8 Å². The molecule has 0 unspecified atom stereocenters. The number of para-hydroxylation sites is 1. The van der Waals surface area contributed by atoms with Gasteiger partial charge in [0, 0.05) is 31.2 Å². The van der Waals surface area contributed by atoms with Gasteiger partial charge in [0.05, 0.1) is 24.0 Å². The largest absolute Gasteiger partial charge is 0.495 e. The van der Waals surface area contributed by atoms with Crippen LogP contribution in [0, 0.1) is 11.3 Å². The molecule has 1 N–H and O–H groups in total. The van der Waals surface area contributed by atoms with E-state index in [1.54, 1.807) is 19.2 Å². The molecule has 2 aromatic carbocycles. The summed E-state index contributed by atoms with van der Waals surface area (Å²) in [7, 11) is 1.61. The van der Waals surface area contributed by atoms with Gasteiger partial charge in [-0.15, -0.1) is 0 Å². The summed E-state index contributed by atoms with van der Waals surface area (Å²) in [5.41, 5.74) is 2.43. The zero-order valence-corrected chi connectivity index (χ0v) is 16.0. The van der Waals surface area contributed by atoms with Crippen LogP contribution in [0.1, 0.15) is 5.56 Å². The van der Waals surface area contributed by atoms with Crippen LogP contribution >= 0.6 is 23.8 Å². The Hall–Kier alpha value is -2.49. The van der Waals surface area contributed by atoms with Gasteiger partial charge < -0.3 is 19.9 Å². The van der Waals surface area contributed by atoms with Crippen LogP contribution in [0.3, 0.4) is 0 Å². The molecule has 0 atom stereocenters. The third kappa shape index (κ3) is 4.01. The number of methoxy groups -OCH3 is 1. The highest BCUT2D eigenvalue weighted by Gasteiger charge is 2.21. The summed E-state index contributed by atoms with van der Waals surface area (Å²) in [6.07, 6.45) is 0. The first-order valence-corrected chi connectivity index (χ1v) is 9.04.